The Balaban J connectivity index is 1.94. The smallest absolute Gasteiger partial charge is 0.122 e. The monoisotopic (exact) mass is 338 g/mol. The van der Waals surface area contributed by atoms with Gasteiger partial charge in [0.1, 0.15) is 5.75 Å². The molecule has 19 heavy (non-hydrogen) atoms. The minimum Gasteiger partial charge on any atom is -0.496 e. The Morgan fingerprint density at radius 2 is 2.05 bits per heavy atom. The van der Waals surface area contributed by atoms with Crippen LogP contribution in [-0.2, 0) is 12.8 Å². The maximum atomic E-state index is 5.43. The van der Waals surface area contributed by atoms with Crippen LogP contribution in [0.15, 0.2) is 41.8 Å². The molecule has 0 aliphatic rings. The van der Waals surface area contributed by atoms with E-state index in [0.29, 0.717) is 5.92 Å². The van der Waals surface area contributed by atoms with Gasteiger partial charge in [-0.25, -0.2) is 0 Å². The third kappa shape index (κ3) is 4.36. The van der Waals surface area contributed by atoms with Crippen molar-refractivity contribution in [3.63, 3.8) is 0 Å². The molecule has 0 fully saturated rings. The van der Waals surface area contributed by atoms with Crippen LogP contribution in [0.1, 0.15) is 16.9 Å². The lowest BCUT2D eigenvalue weighted by Gasteiger charge is -2.15. The summed E-state index contributed by atoms with van der Waals surface area (Å²) in [5.74, 6) is 1.66. The quantitative estimate of drug-likeness (QED) is 0.649. The van der Waals surface area contributed by atoms with Crippen LogP contribution in [0.5, 0.6) is 5.75 Å². The van der Waals surface area contributed by atoms with Crippen molar-refractivity contribution in [1.82, 2.24) is 0 Å². The molecule has 0 bridgehead atoms. The van der Waals surface area contributed by atoms with E-state index in [1.807, 2.05) is 23.5 Å². The van der Waals surface area contributed by atoms with Crippen LogP contribution in [0, 0.1) is 5.92 Å². The third-order valence-electron chi connectivity index (χ3n) is 3.30. The molecule has 0 radical (unpaired) electrons. The average molecular weight is 339 g/mol. The molecule has 0 saturated heterocycles. The Morgan fingerprint density at radius 1 is 1.21 bits per heavy atom. The summed E-state index contributed by atoms with van der Waals surface area (Å²) < 4.78 is 5.43. The molecule has 2 aromatic rings. The topological polar surface area (TPSA) is 9.23 Å². The summed E-state index contributed by atoms with van der Waals surface area (Å²) in [7, 11) is 1.74. The number of para-hydroxylation sites is 1. The molecule has 0 spiro atoms. The number of rotatable bonds is 7. The largest absolute Gasteiger partial charge is 0.496 e. The van der Waals surface area contributed by atoms with Crippen molar-refractivity contribution in [2.24, 2.45) is 5.92 Å². The number of thiophene rings is 1. The summed E-state index contributed by atoms with van der Waals surface area (Å²) in [6.07, 6.45) is 3.45. The lowest BCUT2D eigenvalue weighted by molar-refractivity contribution is 0.404. The van der Waals surface area contributed by atoms with Crippen LogP contribution in [-0.4, -0.2) is 12.4 Å². The highest BCUT2D eigenvalue weighted by atomic mass is 79.9. The predicted octanol–water partition coefficient (Wildman–Crippen LogP) is 4.94. The molecule has 102 valence electrons. The molecule has 1 aromatic heterocycles. The van der Waals surface area contributed by atoms with Gasteiger partial charge in [-0.2, -0.15) is 0 Å². The minimum atomic E-state index is 0.651. The van der Waals surface area contributed by atoms with E-state index < -0.39 is 0 Å². The molecular weight excluding hydrogens is 320 g/mol. The van der Waals surface area contributed by atoms with Gasteiger partial charge in [0, 0.05) is 10.2 Å². The number of halogens is 1. The molecule has 1 unspecified atom stereocenters. The average Bonchev–Trinajstić information content (AvgIpc) is 2.97. The molecular formula is C16H19BrOS. The third-order valence-corrected chi connectivity index (χ3v) is 5.15. The highest BCUT2D eigenvalue weighted by Crippen LogP contribution is 2.25. The number of benzene rings is 1. The number of hydrogen-bond acceptors (Lipinski definition) is 2. The number of methoxy groups -OCH3 is 1. The van der Waals surface area contributed by atoms with Gasteiger partial charge in [0.25, 0.3) is 0 Å². The van der Waals surface area contributed by atoms with Gasteiger partial charge in [-0.3, -0.25) is 0 Å². The van der Waals surface area contributed by atoms with Gasteiger partial charge in [-0.05, 0) is 48.3 Å². The van der Waals surface area contributed by atoms with Crippen molar-refractivity contribution in [3.05, 3.63) is 52.2 Å². The number of hydrogen-bond donors (Lipinski definition) is 0. The van der Waals surface area contributed by atoms with Crippen molar-refractivity contribution in [1.29, 1.82) is 0 Å². The van der Waals surface area contributed by atoms with Crippen LogP contribution < -0.4 is 4.74 Å². The lowest BCUT2D eigenvalue weighted by atomic mass is 9.95. The van der Waals surface area contributed by atoms with E-state index in [0.717, 1.165) is 17.5 Å². The van der Waals surface area contributed by atoms with Crippen LogP contribution in [0.2, 0.25) is 0 Å². The van der Waals surface area contributed by atoms with Gasteiger partial charge in [-0.1, -0.05) is 40.2 Å². The molecule has 1 heterocycles. The van der Waals surface area contributed by atoms with Gasteiger partial charge in [0.05, 0.1) is 7.11 Å². The zero-order chi connectivity index (χ0) is 13.5. The second-order valence-electron chi connectivity index (χ2n) is 4.65. The molecule has 0 aliphatic carbocycles. The predicted molar refractivity (Wildman–Crippen MR) is 86.6 cm³/mol. The van der Waals surface area contributed by atoms with E-state index in [9.17, 15) is 0 Å². The van der Waals surface area contributed by atoms with E-state index >= 15 is 0 Å². The highest BCUT2D eigenvalue weighted by molar-refractivity contribution is 9.09. The first-order valence-electron chi connectivity index (χ1n) is 6.53. The number of ether oxygens (including phenoxy) is 1. The summed E-state index contributed by atoms with van der Waals surface area (Å²) in [6, 6.07) is 12.7. The van der Waals surface area contributed by atoms with E-state index in [1.54, 1.807) is 7.11 Å². The van der Waals surface area contributed by atoms with Gasteiger partial charge in [0.15, 0.2) is 0 Å². The summed E-state index contributed by atoms with van der Waals surface area (Å²) in [4.78, 5) is 1.48. The van der Waals surface area contributed by atoms with Crippen molar-refractivity contribution >= 4 is 27.3 Å². The fourth-order valence-corrected chi connectivity index (χ4v) is 3.50. The molecule has 0 N–H and O–H groups in total. The maximum Gasteiger partial charge on any atom is 0.122 e. The van der Waals surface area contributed by atoms with Crippen molar-refractivity contribution in [3.8, 4) is 5.75 Å². The number of aryl methyl sites for hydroxylation is 1. The first-order chi connectivity index (χ1) is 9.33. The van der Waals surface area contributed by atoms with Gasteiger partial charge in [0.2, 0.25) is 0 Å². The first-order valence-corrected chi connectivity index (χ1v) is 8.54. The maximum absolute atomic E-state index is 5.43. The Labute approximate surface area is 127 Å². The first kappa shape index (κ1) is 14.6. The second-order valence-corrected chi connectivity index (χ2v) is 6.33. The van der Waals surface area contributed by atoms with Crippen LogP contribution in [0.4, 0.5) is 0 Å². The molecule has 0 saturated carbocycles. The summed E-state index contributed by atoms with van der Waals surface area (Å²) in [5, 5.41) is 3.19. The van der Waals surface area contributed by atoms with Crippen LogP contribution in [0.25, 0.3) is 0 Å². The fourth-order valence-electron chi connectivity index (χ4n) is 2.22. The van der Waals surface area contributed by atoms with Gasteiger partial charge >= 0.3 is 0 Å². The van der Waals surface area contributed by atoms with Crippen LogP contribution >= 0.6 is 27.3 Å². The summed E-state index contributed by atoms with van der Waals surface area (Å²) in [5.41, 5.74) is 1.31. The SMILES string of the molecule is COc1ccccc1CC(CBr)CCc1cccs1. The molecule has 1 atom stereocenters. The van der Waals surface area contributed by atoms with Crippen LogP contribution in [0.3, 0.4) is 0 Å². The van der Waals surface area contributed by atoms with E-state index in [2.05, 4.69) is 45.6 Å². The Bertz CT molecular complexity index is 481. The standard InChI is InChI=1S/C16H19BrOS/c1-18-16-7-3-2-5-14(16)11-13(12-17)8-9-15-6-4-10-19-15/h2-7,10,13H,8-9,11-12H2,1H3. The number of alkyl halides is 1. The molecule has 2 rings (SSSR count). The molecule has 1 aromatic carbocycles. The van der Waals surface area contributed by atoms with Gasteiger partial charge < -0.3 is 4.74 Å². The van der Waals surface area contributed by atoms with Gasteiger partial charge in [-0.15, -0.1) is 11.3 Å². The Morgan fingerprint density at radius 3 is 2.74 bits per heavy atom. The normalized spacial score (nSPS) is 12.3. The highest BCUT2D eigenvalue weighted by Gasteiger charge is 2.12. The molecule has 3 heteroatoms. The van der Waals surface area contributed by atoms with Crippen molar-refractivity contribution < 1.29 is 4.74 Å². The summed E-state index contributed by atoms with van der Waals surface area (Å²) in [6.45, 7) is 0. The van der Waals surface area contributed by atoms with E-state index in [-0.39, 0.29) is 0 Å². The van der Waals surface area contributed by atoms with Crippen molar-refractivity contribution in [2.75, 3.05) is 12.4 Å². The summed E-state index contributed by atoms with van der Waals surface area (Å²) >= 11 is 5.50. The molecule has 1 nitrogen and oxygen atoms in total. The molecule has 0 amide bonds. The Hall–Kier alpha value is -0.800. The van der Waals surface area contributed by atoms with E-state index in [4.69, 9.17) is 4.74 Å². The Kier molecular flexibility index (Phi) is 5.93. The molecule has 0 aliphatic heterocycles. The van der Waals surface area contributed by atoms with Crippen molar-refractivity contribution in [2.45, 2.75) is 19.3 Å². The lowest BCUT2D eigenvalue weighted by Crippen LogP contribution is -2.08. The zero-order valence-corrected chi connectivity index (χ0v) is 13.5. The fraction of sp³-hybridized carbons (Fsp3) is 0.375. The zero-order valence-electron chi connectivity index (χ0n) is 11.1. The van der Waals surface area contributed by atoms with E-state index in [1.165, 1.54) is 23.3 Å². The minimum absolute atomic E-state index is 0.651. The second kappa shape index (κ2) is 7.71.